The van der Waals surface area contributed by atoms with Crippen LogP contribution in [0.2, 0.25) is 0 Å². The van der Waals surface area contributed by atoms with Gasteiger partial charge in [-0.3, -0.25) is 5.41 Å². The lowest BCUT2D eigenvalue weighted by atomic mass is 10.0. The smallest absolute Gasteiger partial charge is 0.193 e. The standard InChI is InChI=1S/C15H16N4S/c16-14(17)19-15(18)20-10-11-5-4-8-13(9-11)12-6-2-1-3-7-12/h1-9H,10H2,(H5,16,17,18,19). The molecule has 0 aliphatic carbocycles. The Bertz CT molecular complexity index is 619. The Morgan fingerprint density at radius 3 is 2.40 bits per heavy atom. The summed E-state index contributed by atoms with van der Waals surface area (Å²) in [4.78, 5) is 3.69. The Kier molecular flexibility index (Phi) is 4.79. The van der Waals surface area contributed by atoms with E-state index >= 15 is 0 Å². The summed E-state index contributed by atoms with van der Waals surface area (Å²) in [5.74, 6) is 0.580. The second-order valence-corrected chi connectivity index (χ2v) is 5.16. The maximum absolute atomic E-state index is 7.60. The first-order valence-corrected chi connectivity index (χ1v) is 7.09. The van der Waals surface area contributed by atoms with E-state index < -0.39 is 0 Å². The van der Waals surface area contributed by atoms with E-state index in [0.717, 1.165) is 11.1 Å². The SMILES string of the molecule is N=C(N=C(N)N)SCc1cccc(-c2ccccc2)c1. The van der Waals surface area contributed by atoms with E-state index in [4.69, 9.17) is 16.9 Å². The van der Waals surface area contributed by atoms with E-state index in [1.54, 1.807) is 0 Å². The highest BCUT2D eigenvalue weighted by molar-refractivity contribution is 8.13. The molecule has 0 unspecified atom stereocenters. The molecule has 0 fully saturated rings. The van der Waals surface area contributed by atoms with Crippen LogP contribution in [-0.2, 0) is 5.75 Å². The predicted octanol–water partition coefficient (Wildman–Crippen LogP) is 2.79. The lowest BCUT2D eigenvalue weighted by Gasteiger charge is -2.05. The molecule has 0 atom stereocenters. The fourth-order valence-electron chi connectivity index (χ4n) is 1.77. The number of aliphatic imine (C=N–C) groups is 1. The Morgan fingerprint density at radius 1 is 1.00 bits per heavy atom. The Hall–Kier alpha value is -2.27. The van der Waals surface area contributed by atoms with Gasteiger partial charge in [0, 0.05) is 5.75 Å². The molecule has 5 N–H and O–H groups in total. The minimum atomic E-state index is -0.0828. The zero-order chi connectivity index (χ0) is 14.4. The van der Waals surface area contributed by atoms with Crippen molar-refractivity contribution in [2.24, 2.45) is 16.5 Å². The average molecular weight is 284 g/mol. The molecule has 0 radical (unpaired) electrons. The van der Waals surface area contributed by atoms with E-state index in [1.807, 2.05) is 30.3 Å². The minimum absolute atomic E-state index is 0.0828. The summed E-state index contributed by atoms with van der Waals surface area (Å²) in [5.41, 5.74) is 13.9. The van der Waals surface area contributed by atoms with Crippen LogP contribution in [-0.4, -0.2) is 11.1 Å². The summed E-state index contributed by atoms with van der Waals surface area (Å²) >= 11 is 1.30. The van der Waals surface area contributed by atoms with Gasteiger partial charge in [0.15, 0.2) is 11.1 Å². The molecule has 2 aromatic carbocycles. The maximum Gasteiger partial charge on any atom is 0.193 e. The van der Waals surface area contributed by atoms with Crippen molar-refractivity contribution in [2.75, 3.05) is 0 Å². The largest absolute Gasteiger partial charge is 0.370 e. The molecule has 0 saturated heterocycles. The summed E-state index contributed by atoms with van der Waals surface area (Å²) in [6.45, 7) is 0. The van der Waals surface area contributed by atoms with Crippen LogP contribution in [0.4, 0.5) is 0 Å². The molecule has 0 spiro atoms. The van der Waals surface area contributed by atoms with Gasteiger partial charge in [0.1, 0.15) is 0 Å². The van der Waals surface area contributed by atoms with Crippen LogP contribution >= 0.6 is 11.8 Å². The Morgan fingerprint density at radius 2 is 1.70 bits per heavy atom. The van der Waals surface area contributed by atoms with Crippen molar-refractivity contribution in [3.8, 4) is 11.1 Å². The number of amidine groups is 1. The molecule has 0 bridgehead atoms. The van der Waals surface area contributed by atoms with Crippen LogP contribution in [0.1, 0.15) is 5.56 Å². The molecule has 0 saturated carbocycles. The number of nitrogens with two attached hydrogens (primary N) is 2. The molecule has 0 amide bonds. The van der Waals surface area contributed by atoms with Crippen LogP contribution in [0.5, 0.6) is 0 Å². The third-order valence-electron chi connectivity index (χ3n) is 2.64. The number of hydrogen-bond acceptors (Lipinski definition) is 2. The van der Waals surface area contributed by atoms with Gasteiger partial charge in [-0.15, -0.1) is 0 Å². The van der Waals surface area contributed by atoms with Crippen LogP contribution in [0.25, 0.3) is 11.1 Å². The fourth-order valence-corrected chi connectivity index (χ4v) is 2.43. The second-order valence-electron chi connectivity index (χ2n) is 4.20. The second kappa shape index (κ2) is 6.77. The first-order valence-electron chi connectivity index (χ1n) is 6.10. The van der Waals surface area contributed by atoms with Crippen LogP contribution in [0.15, 0.2) is 59.6 Å². The van der Waals surface area contributed by atoms with Gasteiger partial charge in [0.25, 0.3) is 0 Å². The summed E-state index contributed by atoms with van der Waals surface area (Å²) in [5, 5.41) is 7.72. The molecule has 0 aliphatic heterocycles. The van der Waals surface area contributed by atoms with E-state index in [0.29, 0.717) is 5.75 Å². The molecule has 0 aliphatic rings. The van der Waals surface area contributed by atoms with Crippen molar-refractivity contribution in [3.63, 3.8) is 0 Å². The third-order valence-corrected chi connectivity index (χ3v) is 3.48. The van der Waals surface area contributed by atoms with Crippen molar-refractivity contribution in [2.45, 2.75) is 5.75 Å². The van der Waals surface area contributed by atoms with E-state index in [1.165, 1.54) is 17.3 Å². The van der Waals surface area contributed by atoms with Gasteiger partial charge in [0.05, 0.1) is 0 Å². The lowest BCUT2D eigenvalue weighted by Crippen LogP contribution is -2.23. The Balaban J connectivity index is 2.07. The van der Waals surface area contributed by atoms with Gasteiger partial charge in [-0.1, -0.05) is 66.4 Å². The van der Waals surface area contributed by atoms with Crippen LogP contribution < -0.4 is 11.5 Å². The molecular formula is C15H16N4S. The zero-order valence-electron chi connectivity index (χ0n) is 10.9. The molecule has 0 heterocycles. The number of guanidine groups is 1. The minimum Gasteiger partial charge on any atom is -0.370 e. The molecule has 2 aromatic rings. The predicted molar refractivity (Wildman–Crippen MR) is 86.7 cm³/mol. The highest BCUT2D eigenvalue weighted by Gasteiger charge is 2.01. The van der Waals surface area contributed by atoms with Gasteiger partial charge in [-0.2, -0.15) is 4.99 Å². The van der Waals surface area contributed by atoms with Crippen LogP contribution in [0.3, 0.4) is 0 Å². The maximum atomic E-state index is 7.60. The number of rotatable bonds is 3. The Labute approximate surface area is 122 Å². The van der Waals surface area contributed by atoms with E-state index in [-0.39, 0.29) is 11.1 Å². The normalized spacial score (nSPS) is 10.0. The lowest BCUT2D eigenvalue weighted by molar-refractivity contribution is 1.40. The highest BCUT2D eigenvalue weighted by atomic mass is 32.2. The molecule has 5 heteroatoms. The first kappa shape index (κ1) is 14.1. The van der Waals surface area contributed by atoms with Gasteiger partial charge < -0.3 is 11.5 Å². The topological polar surface area (TPSA) is 88.2 Å². The van der Waals surface area contributed by atoms with Gasteiger partial charge in [-0.05, 0) is 16.7 Å². The molecule has 20 heavy (non-hydrogen) atoms. The third kappa shape index (κ3) is 4.13. The van der Waals surface area contributed by atoms with E-state index in [9.17, 15) is 0 Å². The van der Waals surface area contributed by atoms with Gasteiger partial charge in [-0.25, -0.2) is 0 Å². The molecule has 4 nitrogen and oxygen atoms in total. The summed E-state index contributed by atoms with van der Waals surface area (Å²) in [7, 11) is 0. The van der Waals surface area contributed by atoms with E-state index in [2.05, 4.69) is 29.3 Å². The summed E-state index contributed by atoms with van der Waals surface area (Å²) in [6, 6.07) is 18.4. The monoisotopic (exact) mass is 284 g/mol. The molecule has 102 valence electrons. The molecule has 2 rings (SSSR count). The van der Waals surface area contributed by atoms with Crippen LogP contribution in [0, 0.1) is 5.41 Å². The number of nitrogens with zero attached hydrogens (tertiary/aromatic N) is 1. The number of nitrogens with one attached hydrogen (secondary N) is 1. The van der Waals surface area contributed by atoms with Crippen molar-refractivity contribution in [3.05, 3.63) is 60.2 Å². The number of thioether (sulfide) groups is 1. The highest BCUT2D eigenvalue weighted by Crippen LogP contribution is 2.22. The molecule has 0 aromatic heterocycles. The van der Waals surface area contributed by atoms with Crippen molar-refractivity contribution < 1.29 is 0 Å². The van der Waals surface area contributed by atoms with Crippen molar-refractivity contribution in [1.82, 2.24) is 0 Å². The number of benzene rings is 2. The zero-order valence-corrected chi connectivity index (χ0v) is 11.7. The number of hydrogen-bond donors (Lipinski definition) is 3. The average Bonchev–Trinajstić information content (AvgIpc) is 2.46. The first-order chi connectivity index (χ1) is 9.65. The summed E-state index contributed by atoms with van der Waals surface area (Å²) < 4.78 is 0. The fraction of sp³-hybridized carbons (Fsp3) is 0.0667. The van der Waals surface area contributed by atoms with Gasteiger partial charge >= 0.3 is 0 Å². The van der Waals surface area contributed by atoms with Crippen molar-refractivity contribution >= 4 is 22.9 Å². The molecular weight excluding hydrogens is 268 g/mol. The summed E-state index contributed by atoms with van der Waals surface area (Å²) in [6.07, 6.45) is 0. The van der Waals surface area contributed by atoms with Crippen molar-refractivity contribution in [1.29, 1.82) is 5.41 Å². The quantitative estimate of drug-likeness (QED) is 0.598. The van der Waals surface area contributed by atoms with Gasteiger partial charge in [0.2, 0.25) is 0 Å².